The monoisotopic (exact) mass is 224 g/mol. The SMILES string of the molecule is CCCC(CCC)N1CCN(C)C2(CC2)C1. The highest BCUT2D eigenvalue weighted by Crippen LogP contribution is 2.43. The summed E-state index contributed by atoms with van der Waals surface area (Å²) in [5.74, 6) is 0. The predicted molar refractivity (Wildman–Crippen MR) is 69.8 cm³/mol. The lowest BCUT2D eigenvalue weighted by Crippen LogP contribution is -2.56. The fraction of sp³-hybridized carbons (Fsp3) is 1.00. The second kappa shape index (κ2) is 5.05. The summed E-state index contributed by atoms with van der Waals surface area (Å²) in [6.07, 6.45) is 8.34. The molecule has 1 heterocycles. The molecule has 2 fully saturated rings. The Morgan fingerprint density at radius 3 is 2.19 bits per heavy atom. The summed E-state index contributed by atoms with van der Waals surface area (Å²) in [5, 5.41) is 0. The van der Waals surface area contributed by atoms with Crippen LogP contribution in [0.1, 0.15) is 52.4 Å². The third-order valence-electron chi connectivity index (χ3n) is 4.62. The number of piperazine rings is 1. The van der Waals surface area contributed by atoms with E-state index in [1.54, 1.807) is 0 Å². The van der Waals surface area contributed by atoms with E-state index in [1.165, 1.54) is 58.2 Å². The molecule has 94 valence electrons. The number of hydrogen-bond donors (Lipinski definition) is 0. The lowest BCUT2D eigenvalue weighted by atomic mass is 10.0. The Hall–Kier alpha value is -0.0800. The molecule has 0 aromatic rings. The maximum atomic E-state index is 2.79. The molecule has 1 saturated heterocycles. The van der Waals surface area contributed by atoms with E-state index in [0.29, 0.717) is 5.54 Å². The predicted octanol–water partition coefficient (Wildman–Crippen LogP) is 2.74. The van der Waals surface area contributed by atoms with E-state index in [2.05, 4.69) is 30.7 Å². The summed E-state index contributed by atoms with van der Waals surface area (Å²) in [7, 11) is 2.32. The molecule has 0 bridgehead atoms. The highest BCUT2D eigenvalue weighted by molar-refractivity contribution is 5.07. The molecule has 2 aliphatic rings. The average Bonchev–Trinajstić information content (AvgIpc) is 3.03. The van der Waals surface area contributed by atoms with Crippen molar-refractivity contribution in [2.75, 3.05) is 26.7 Å². The minimum absolute atomic E-state index is 0.595. The second-order valence-electron chi connectivity index (χ2n) is 5.85. The Balaban J connectivity index is 1.92. The van der Waals surface area contributed by atoms with Gasteiger partial charge in [-0.15, -0.1) is 0 Å². The van der Waals surface area contributed by atoms with Gasteiger partial charge in [-0.05, 0) is 32.7 Å². The van der Waals surface area contributed by atoms with Crippen LogP contribution in [0.25, 0.3) is 0 Å². The molecule has 1 spiro atoms. The average molecular weight is 224 g/mol. The van der Waals surface area contributed by atoms with Crippen LogP contribution in [0.15, 0.2) is 0 Å². The van der Waals surface area contributed by atoms with Gasteiger partial charge in [0, 0.05) is 31.2 Å². The van der Waals surface area contributed by atoms with Crippen molar-refractivity contribution in [2.24, 2.45) is 0 Å². The normalized spacial score (nSPS) is 25.5. The molecule has 1 saturated carbocycles. The van der Waals surface area contributed by atoms with Gasteiger partial charge < -0.3 is 0 Å². The fourth-order valence-electron chi connectivity index (χ4n) is 3.27. The van der Waals surface area contributed by atoms with Crippen molar-refractivity contribution in [3.63, 3.8) is 0 Å². The molecular weight excluding hydrogens is 196 g/mol. The summed E-state index contributed by atoms with van der Waals surface area (Å²) in [6.45, 7) is 8.57. The lowest BCUT2D eigenvalue weighted by Gasteiger charge is -2.44. The molecule has 0 unspecified atom stereocenters. The largest absolute Gasteiger partial charge is 0.298 e. The molecule has 1 aliphatic carbocycles. The molecular formula is C14H28N2. The van der Waals surface area contributed by atoms with Crippen LogP contribution in [0.4, 0.5) is 0 Å². The van der Waals surface area contributed by atoms with E-state index in [1.807, 2.05) is 0 Å². The first-order chi connectivity index (χ1) is 7.72. The van der Waals surface area contributed by atoms with Gasteiger partial charge >= 0.3 is 0 Å². The first-order valence-electron chi connectivity index (χ1n) is 7.17. The van der Waals surface area contributed by atoms with Gasteiger partial charge in [-0.1, -0.05) is 26.7 Å². The van der Waals surface area contributed by atoms with E-state index in [-0.39, 0.29) is 0 Å². The van der Waals surface area contributed by atoms with Crippen LogP contribution >= 0.6 is 0 Å². The molecule has 1 aliphatic heterocycles. The van der Waals surface area contributed by atoms with E-state index in [0.717, 1.165) is 6.04 Å². The Labute approximate surface area is 101 Å². The van der Waals surface area contributed by atoms with Crippen LogP contribution < -0.4 is 0 Å². The zero-order valence-corrected chi connectivity index (χ0v) is 11.3. The third kappa shape index (κ3) is 2.43. The molecule has 0 radical (unpaired) electrons. The second-order valence-corrected chi connectivity index (χ2v) is 5.85. The van der Waals surface area contributed by atoms with Gasteiger partial charge in [0.2, 0.25) is 0 Å². The van der Waals surface area contributed by atoms with Crippen LogP contribution in [0.2, 0.25) is 0 Å². The summed E-state index contributed by atoms with van der Waals surface area (Å²) in [4.78, 5) is 5.40. The van der Waals surface area contributed by atoms with E-state index >= 15 is 0 Å². The maximum Gasteiger partial charge on any atom is 0.0335 e. The van der Waals surface area contributed by atoms with Crippen molar-refractivity contribution in [3.05, 3.63) is 0 Å². The molecule has 0 aromatic heterocycles. The molecule has 2 rings (SSSR count). The van der Waals surface area contributed by atoms with Crippen LogP contribution in [0.3, 0.4) is 0 Å². The molecule has 0 aromatic carbocycles. The Morgan fingerprint density at radius 1 is 1.06 bits per heavy atom. The van der Waals surface area contributed by atoms with Crippen LogP contribution in [0.5, 0.6) is 0 Å². The van der Waals surface area contributed by atoms with Crippen molar-refractivity contribution >= 4 is 0 Å². The first kappa shape index (κ1) is 12.4. The number of hydrogen-bond acceptors (Lipinski definition) is 2. The van der Waals surface area contributed by atoms with E-state index in [9.17, 15) is 0 Å². The van der Waals surface area contributed by atoms with Crippen LogP contribution in [-0.2, 0) is 0 Å². The summed E-state index contributed by atoms with van der Waals surface area (Å²) in [6, 6.07) is 0.862. The van der Waals surface area contributed by atoms with Crippen molar-refractivity contribution in [2.45, 2.75) is 64.0 Å². The van der Waals surface area contributed by atoms with Gasteiger partial charge in [0.05, 0.1) is 0 Å². The lowest BCUT2D eigenvalue weighted by molar-refractivity contribution is 0.0451. The van der Waals surface area contributed by atoms with Crippen molar-refractivity contribution in [1.82, 2.24) is 9.80 Å². The minimum atomic E-state index is 0.595. The first-order valence-corrected chi connectivity index (χ1v) is 7.17. The van der Waals surface area contributed by atoms with Gasteiger partial charge in [0.15, 0.2) is 0 Å². The third-order valence-corrected chi connectivity index (χ3v) is 4.62. The standard InChI is InChI=1S/C14H28N2/c1-4-6-13(7-5-2)16-11-10-15(3)14(12-16)8-9-14/h13H,4-12H2,1-3H3. The van der Waals surface area contributed by atoms with E-state index < -0.39 is 0 Å². The van der Waals surface area contributed by atoms with Crippen molar-refractivity contribution in [1.29, 1.82) is 0 Å². The topological polar surface area (TPSA) is 6.48 Å². The highest BCUT2D eigenvalue weighted by atomic mass is 15.3. The van der Waals surface area contributed by atoms with Gasteiger partial charge in [-0.2, -0.15) is 0 Å². The minimum Gasteiger partial charge on any atom is -0.298 e. The van der Waals surface area contributed by atoms with Gasteiger partial charge in [-0.25, -0.2) is 0 Å². The Bertz CT molecular complexity index is 217. The number of rotatable bonds is 5. The van der Waals surface area contributed by atoms with Gasteiger partial charge in [0.1, 0.15) is 0 Å². The van der Waals surface area contributed by atoms with E-state index in [4.69, 9.17) is 0 Å². The summed E-state index contributed by atoms with van der Waals surface area (Å²) < 4.78 is 0. The van der Waals surface area contributed by atoms with Gasteiger partial charge in [-0.3, -0.25) is 9.80 Å². The van der Waals surface area contributed by atoms with Gasteiger partial charge in [0.25, 0.3) is 0 Å². The molecule has 0 N–H and O–H groups in total. The zero-order valence-electron chi connectivity index (χ0n) is 11.3. The molecule has 16 heavy (non-hydrogen) atoms. The maximum absolute atomic E-state index is 2.79. The molecule has 2 heteroatoms. The van der Waals surface area contributed by atoms with Crippen molar-refractivity contribution in [3.8, 4) is 0 Å². The Kier molecular flexibility index (Phi) is 3.91. The molecule has 0 atom stereocenters. The van der Waals surface area contributed by atoms with Crippen LogP contribution in [0, 0.1) is 0 Å². The fourth-order valence-corrected chi connectivity index (χ4v) is 3.27. The summed E-state index contributed by atoms with van der Waals surface area (Å²) >= 11 is 0. The number of nitrogens with zero attached hydrogens (tertiary/aromatic N) is 2. The molecule has 2 nitrogen and oxygen atoms in total. The smallest absolute Gasteiger partial charge is 0.0335 e. The van der Waals surface area contributed by atoms with Crippen molar-refractivity contribution < 1.29 is 0 Å². The summed E-state index contributed by atoms with van der Waals surface area (Å²) in [5.41, 5.74) is 0.595. The number of likely N-dealkylation sites (N-methyl/N-ethyl adjacent to an activating group) is 1. The van der Waals surface area contributed by atoms with Crippen LogP contribution in [-0.4, -0.2) is 48.1 Å². The quantitative estimate of drug-likeness (QED) is 0.708. The highest BCUT2D eigenvalue weighted by Gasteiger charge is 2.50. The Morgan fingerprint density at radius 2 is 1.69 bits per heavy atom. The zero-order chi connectivity index (χ0) is 11.6. The molecule has 0 amide bonds.